The minimum absolute atomic E-state index is 0.0459. The van der Waals surface area contributed by atoms with Gasteiger partial charge in [0, 0.05) is 5.57 Å². The zero-order valence-electron chi connectivity index (χ0n) is 10.6. The Morgan fingerprint density at radius 2 is 1.71 bits per heavy atom. The molecular weight excluding hydrogens is 247 g/mol. The molecule has 0 heterocycles. The van der Waals surface area contributed by atoms with Gasteiger partial charge in [0.15, 0.2) is 0 Å². The lowest BCUT2D eigenvalue weighted by atomic mass is 10.3. The molecule has 0 aliphatic rings. The van der Waals surface area contributed by atoms with E-state index in [-0.39, 0.29) is 6.54 Å². The first-order chi connectivity index (χ1) is 7.27. The molecule has 1 amide bonds. The molecule has 5 N–H and O–H groups in total. The predicted molar refractivity (Wildman–Crippen MR) is 65.0 cm³/mol. The highest BCUT2D eigenvalue weighted by atomic mass is 31.2. The van der Waals surface area contributed by atoms with Crippen molar-refractivity contribution in [3.8, 4) is 0 Å². The molecule has 0 spiro atoms. The fourth-order valence-electron chi connectivity index (χ4n) is 0.596. The van der Waals surface area contributed by atoms with Crippen LogP contribution in [0.2, 0.25) is 0 Å². The van der Waals surface area contributed by atoms with Crippen molar-refractivity contribution in [2.45, 2.75) is 12.8 Å². The number of quaternary nitrogens is 1. The average Bonchev–Trinajstić information content (AvgIpc) is 1.99. The monoisotopic (exact) mass is 269 g/mol. The van der Waals surface area contributed by atoms with Crippen molar-refractivity contribution in [3.63, 3.8) is 0 Å². The lowest BCUT2D eigenvalue weighted by Crippen LogP contribution is -2.41. The second-order valence-corrected chi connectivity index (χ2v) is 6.46. The molecule has 0 aromatic carbocycles. The number of carbonyl (C=O) groups excluding carboxylic acids is 1. The molecule has 0 aliphatic heterocycles. The van der Waals surface area contributed by atoms with Crippen LogP contribution in [0.5, 0.6) is 0 Å². The van der Waals surface area contributed by atoms with Crippen LogP contribution < -0.4 is 5.73 Å². The first-order valence-corrected chi connectivity index (χ1v) is 6.44. The van der Waals surface area contributed by atoms with Crippen LogP contribution in [0.4, 0.5) is 0 Å². The third kappa shape index (κ3) is 13.2. The highest BCUT2D eigenvalue weighted by Gasteiger charge is 2.31. The largest absolute Gasteiger partial charge is 0.376 e. The molecule has 0 saturated carbocycles. The number of rotatable bonds is 4. The van der Waals surface area contributed by atoms with E-state index >= 15 is 0 Å². The lowest BCUT2D eigenvalue weighted by molar-refractivity contribution is -0.872. The van der Waals surface area contributed by atoms with Gasteiger partial charge in [0.1, 0.15) is 6.54 Å². The van der Waals surface area contributed by atoms with E-state index in [9.17, 15) is 9.36 Å². The van der Waals surface area contributed by atoms with Crippen molar-refractivity contribution in [2.24, 2.45) is 5.73 Å². The number of nitrogens with zero attached hydrogens (tertiary/aromatic N) is 1. The Labute approximate surface area is 101 Å². The zero-order valence-corrected chi connectivity index (χ0v) is 11.5. The number of hydrogen-bond acceptors (Lipinski definition) is 3. The molecule has 102 valence electrons. The number of likely N-dealkylation sites (N-methyl/N-ethyl adjacent to an activating group) is 1. The molecule has 0 fully saturated rings. The maximum Gasteiger partial charge on any atom is 0.359 e. The van der Waals surface area contributed by atoms with Crippen LogP contribution in [-0.4, -0.2) is 58.8 Å². The van der Waals surface area contributed by atoms with Crippen LogP contribution in [0, 0.1) is 0 Å². The molecule has 1 unspecified atom stereocenters. The van der Waals surface area contributed by atoms with Gasteiger partial charge in [-0.3, -0.25) is 9.36 Å². The Morgan fingerprint density at radius 1 is 1.41 bits per heavy atom. The quantitative estimate of drug-likeness (QED) is 0.303. The normalized spacial score (nSPS) is 13.4. The second kappa shape index (κ2) is 6.88. The Bertz CT molecular complexity index is 306. The summed E-state index contributed by atoms with van der Waals surface area (Å²) in [5, 5.41) is 8.94. The minimum atomic E-state index is -4.31. The summed E-state index contributed by atoms with van der Waals surface area (Å²) in [6.07, 6.45) is 0. The van der Waals surface area contributed by atoms with Gasteiger partial charge in [-0.1, -0.05) is 6.58 Å². The molecule has 0 rings (SSSR count). The fraction of sp³-hybridized carbons (Fsp3) is 0.667. The van der Waals surface area contributed by atoms with E-state index in [2.05, 4.69) is 6.58 Å². The van der Waals surface area contributed by atoms with Gasteiger partial charge in [-0.05, 0) is 6.92 Å². The first-order valence-electron chi connectivity index (χ1n) is 4.76. The average molecular weight is 269 g/mol. The van der Waals surface area contributed by atoms with E-state index in [0.717, 1.165) is 0 Å². The Hall–Kier alpha value is -0.720. The van der Waals surface area contributed by atoms with Crippen molar-refractivity contribution >= 4 is 13.5 Å². The van der Waals surface area contributed by atoms with Gasteiger partial charge < -0.3 is 25.1 Å². The third-order valence-corrected chi connectivity index (χ3v) is 2.46. The summed E-state index contributed by atoms with van der Waals surface area (Å²) in [6, 6.07) is 0. The van der Waals surface area contributed by atoms with Crippen LogP contribution in [0.1, 0.15) is 6.92 Å². The van der Waals surface area contributed by atoms with Crippen LogP contribution >= 0.6 is 7.60 Å². The van der Waals surface area contributed by atoms with Gasteiger partial charge in [-0.25, -0.2) is 0 Å². The van der Waals surface area contributed by atoms with Gasteiger partial charge in [0.25, 0.3) is 0 Å². The Kier molecular flexibility index (Phi) is 7.54. The predicted octanol–water partition coefficient (Wildman–Crippen LogP) is -0.763. The summed E-state index contributed by atoms with van der Waals surface area (Å²) in [4.78, 5) is 26.8. The van der Waals surface area contributed by atoms with E-state index in [0.29, 0.717) is 10.1 Å². The zero-order chi connectivity index (χ0) is 14.4. The molecule has 7 nitrogen and oxygen atoms in total. The molecule has 8 heteroatoms. The third-order valence-electron chi connectivity index (χ3n) is 1.52. The minimum Gasteiger partial charge on any atom is -0.376 e. The molecule has 0 aromatic rings. The number of aliphatic hydroxyl groups excluding tert-OH is 1. The highest BCUT2D eigenvalue weighted by molar-refractivity contribution is 7.52. The van der Waals surface area contributed by atoms with Crippen molar-refractivity contribution in [1.82, 2.24) is 0 Å². The maximum absolute atomic E-state index is 10.4. The number of amides is 1. The number of carbonyl (C=O) groups is 1. The summed E-state index contributed by atoms with van der Waals surface area (Å²) in [7, 11) is 0.933. The number of aliphatic hydroxyl groups is 1. The summed E-state index contributed by atoms with van der Waals surface area (Å²) in [5.41, 5.74) is 5.09. The molecular formula is C9H22N2O5P+. The van der Waals surface area contributed by atoms with Crippen molar-refractivity contribution in [2.75, 3.05) is 27.7 Å². The molecule has 0 saturated heterocycles. The van der Waals surface area contributed by atoms with E-state index < -0.39 is 19.3 Å². The van der Waals surface area contributed by atoms with E-state index in [1.54, 1.807) is 28.1 Å². The van der Waals surface area contributed by atoms with E-state index in [4.69, 9.17) is 20.6 Å². The van der Waals surface area contributed by atoms with Gasteiger partial charge in [0.05, 0.1) is 21.1 Å². The van der Waals surface area contributed by atoms with Crippen molar-refractivity contribution < 1.29 is 28.7 Å². The molecule has 0 aromatic heterocycles. The molecule has 0 aliphatic carbocycles. The molecule has 17 heavy (non-hydrogen) atoms. The Balaban J connectivity index is 0. The molecule has 0 bridgehead atoms. The highest BCUT2D eigenvalue weighted by Crippen LogP contribution is 2.39. The van der Waals surface area contributed by atoms with E-state index in [1.807, 2.05) is 0 Å². The number of hydrogen-bond donors (Lipinski definition) is 4. The number of nitrogens with two attached hydrogens (primary N) is 1. The molecule has 1 atom stereocenters. The van der Waals surface area contributed by atoms with Crippen LogP contribution in [0.25, 0.3) is 0 Å². The number of primary amides is 1. The van der Waals surface area contributed by atoms with Crippen LogP contribution in [-0.2, 0) is 9.36 Å². The standard InChI is InChI=1S/C5H14NO4P.C4H7NO/c1-6(2,3)4-5(7)11(8,9)10;1-3(2)4(5)6/h5,7H,4H2,1-3H3,(H-,8,9,10);1H2,2H3,(H2,5,6)/p+1. The lowest BCUT2D eigenvalue weighted by Gasteiger charge is -2.26. The second-order valence-electron chi connectivity index (χ2n) is 4.69. The Morgan fingerprint density at radius 3 is 1.76 bits per heavy atom. The SMILES string of the molecule is C=C(C)C(N)=O.C[N+](C)(C)CC(O)P(=O)(O)O. The van der Waals surface area contributed by atoms with Gasteiger partial charge in [-0.15, -0.1) is 0 Å². The van der Waals surface area contributed by atoms with Gasteiger partial charge >= 0.3 is 7.60 Å². The first kappa shape index (κ1) is 18.6. The van der Waals surface area contributed by atoms with Crippen LogP contribution in [0.3, 0.4) is 0 Å². The summed E-state index contributed by atoms with van der Waals surface area (Å²) in [6.45, 7) is 4.90. The van der Waals surface area contributed by atoms with E-state index in [1.165, 1.54) is 0 Å². The summed E-state index contributed by atoms with van der Waals surface area (Å²) in [5.74, 6) is -1.99. The summed E-state index contributed by atoms with van der Waals surface area (Å²) >= 11 is 0. The topological polar surface area (TPSA) is 121 Å². The summed E-state index contributed by atoms with van der Waals surface area (Å²) < 4.78 is 10.8. The van der Waals surface area contributed by atoms with Gasteiger partial charge in [-0.2, -0.15) is 0 Å². The maximum atomic E-state index is 10.4. The van der Waals surface area contributed by atoms with Crippen molar-refractivity contribution in [3.05, 3.63) is 12.2 Å². The van der Waals surface area contributed by atoms with Gasteiger partial charge in [0.2, 0.25) is 11.8 Å². The molecule has 0 radical (unpaired) electrons. The van der Waals surface area contributed by atoms with Crippen molar-refractivity contribution in [1.29, 1.82) is 0 Å². The smallest absolute Gasteiger partial charge is 0.359 e. The van der Waals surface area contributed by atoms with Crippen LogP contribution in [0.15, 0.2) is 12.2 Å². The fourth-order valence-corrected chi connectivity index (χ4v) is 1.30.